The van der Waals surface area contributed by atoms with Gasteiger partial charge in [-0.2, -0.15) is 0 Å². The number of rotatable bonds is 6. The van der Waals surface area contributed by atoms with Gasteiger partial charge in [0, 0.05) is 44.4 Å². The van der Waals surface area contributed by atoms with Crippen molar-refractivity contribution in [2.24, 2.45) is 5.92 Å². The predicted octanol–water partition coefficient (Wildman–Crippen LogP) is 3.05. The predicted molar refractivity (Wildman–Crippen MR) is 85.1 cm³/mol. The Morgan fingerprint density at radius 2 is 1.85 bits per heavy atom. The molecule has 2 aliphatic rings. The van der Waals surface area contributed by atoms with Crippen LogP contribution in [0.15, 0.2) is 0 Å². The Kier molecular flexibility index (Phi) is 6.31. The number of nitrogens with zero attached hydrogens (tertiary/aromatic N) is 1. The van der Waals surface area contributed by atoms with Crippen LogP contribution in [0.25, 0.3) is 0 Å². The number of hydrogen-bond acceptors (Lipinski definition) is 3. The van der Waals surface area contributed by atoms with Crippen molar-refractivity contribution in [2.45, 2.75) is 70.9 Å². The van der Waals surface area contributed by atoms with E-state index in [1.54, 1.807) is 0 Å². The summed E-state index contributed by atoms with van der Waals surface area (Å²) in [5, 5.41) is 3.81. The monoisotopic (exact) mass is 282 g/mol. The Morgan fingerprint density at radius 3 is 2.45 bits per heavy atom. The van der Waals surface area contributed by atoms with Crippen molar-refractivity contribution < 1.29 is 4.74 Å². The van der Waals surface area contributed by atoms with Crippen molar-refractivity contribution in [1.82, 2.24) is 10.2 Å². The summed E-state index contributed by atoms with van der Waals surface area (Å²) in [5.74, 6) is 0.849. The van der Waals surface area contributed by atoms with Crippen LogP contribution in [-0.2, 0) is 4.74 Å². The van der Waals surface area contributed by atoms with E-state index in [0.717, 1.165) is 19.1 Å². The summed E-state index contributed by atoms with van der Waals surface area (Å²) in [5.41, 5.74) is 0.391. The summed E-state index contributed by atoms with van der Waals surface area (Å²) in [6.45, 7) is 12.7. The van der Waals surface area contributed by atoms with Crippen molar-refractivity contribution in [3.8, 4) is 0 Å². The zero-order chi connectivity index (χ0) is 14.4. The second-order valence-corrected chi connectivity index (χ2v) is 6.76. The molecular formula is C17H34N2O. The molecule has 0 saturated carbocycles. The highest BCUT2D eigenvalue weighted by Crippen LogP contribution is 2.30. The van der Waals surface area contributed by atoms with Gasteiger partial charge in [-0.3, -0.25) is 4.90 Å². The molecule has 2 heterocycles. The van der Waals surface area contributed by atoms with E-state index in [4.69, 9.17) is 4.74 Å². The third kappa shape index (κ3) is 3.75. The molecule has 0 radical (unpaired) electrons. The largest absolute Gasteiger partial charge is 0.381 e. The van der Waals surface area contributed by atoms with E-state index in [2.05, 4.69) is 31.0 Å². The molecule has 2 rings (SSSR count). The van der Waals surface area contributed by atoms with E-state index >= 15 is 0 Å². The van der Waals surface area contributed by atoms with Gasteiger partial charge in [0.2, 0.25) is 0 Å². The van der Waals surface area contributed by atoms with Crippen molar-refractivity contribution >= 4 is 0 Å². The molecule has 0 amide bonds. The molecule has 0 aromatic rings. The molecule has 0 aromatic heterocycles. The smallest absolute Gasteiger partial charge is 0.0469 e. The second kappa shape index (κ2) is 7.77. The molecule has 2 fully saturated rings. The normalized spacial score (nSPS) is 28.6. The second-order valence-electron chi connectivity index (χ2n) is 6.76. The van der Waals surface area contributed by atoms with Crippen LogP contribution >= 0.6 is 0 Å². The first kappa shape index (κ1) is 16.3. The minimum absolute atomic E-state index is 0.391. The molecule has 20 heavy (non-hydrogen) atoms. The summed E-state index contributed by atoms with van der Waals surface area (Å²) < 4.78 is 5.52. The molecular weight excluding hydrogens is 248 g/mol. The van der Waals surface area contributed by atoms with E-state index in [9.17, 15) is 0 Å². The maximum Gasteiger partial charge on any atom is 0.0469 e. The van der Waals surface area contributed by atoms with Crippen LogP contribution in [0.3, 0.4) is 0 Å². The highest BCUT2D eigenvalue weighted by atomic mass is 16.5. The summed E-state index contributed by atoms with van der Waals surface area (Å²) >= 11 is 0. The van der Waals surface area contributed by atoms with Crippen LogP contribution in [0, 0.1) is 5.92 Å². The summed E-state index contributed by atoms with van der Waals surface area (Å²) in [7, 11) is 0. The van der Waals surface area contributed by atoms with E-state index in [0.29, 0.717) is 11.6 Å². The summed E-state index contributed by atoms with van der Waals surface area (Å²) in [6, 6.07) is 0.700. The van der Waals surface area contributed by atoms with Crippen molar-refractivity contribution in [3.05, 3.63) is 0 Å². The third-order valence-electron chi connectivity index (χ3n) is 5.60. The van der Waals surface area contributed by atoms with Crippen molar-refractivity contribution in [3.63, 3.8) is 0 Å². The molecule has 118 valence electrons. The fourth-order valence-electron chi connectivity index (χ4n) is 3.97. The lowest BCUT2D eigenvalue weighted by Crippen LogP contribution is -2.65. The Hall–Kier alpha value is -0.120. The van der Waals surface area contributed by atoms with Gasteiger partial charge < -0.3 is 10.1 Å². The van der Waals surface area contributed by atoms with Crippen LogP contribution in [0.5, 0.6) is 0 Å². The lowest BCUT2D eigenvalue weighted by Gasteiger charge is -2.51. The number of nitrogens with one attached hydrogen (secondary N) is 1. The van der Waals surface area contributed by atoms with Gasteiger partial charge in [-0.25, -0.2) is 0 Å². The third-order valence-corrected chi connectivity index (χ3v) is 5.60. The molecule has 2 aliphatic heterocycles. The van der Waals surface area contributed by atoms with Crippen molar-refractivity contribution in [1.29, 1.82) is 0 Å². The molecule has 1 N–H and O–H groups in total. The molecule has 1 atom stereocenters. The van der Waals surface area contributed by atoms with Gasteiger partial charge in [-0.15, -0.1) is 0 Å². The highest BCUT2D eigenvalue weighted by molar-refractivity contribution is 4.98. The SMILES string of the molecule is CCCC1CN(CC2CCOCC2)C(CC)(CC)CN1. The molecule has 0 aromatic carbocycles. The number of ether oxygens (including phenoxy) is 1. The van der Waals surface area contributed by atoms with Crippen LogP contribution in [0.4, 0.5) is 0 Å². The standard InChI is InChI=1S/C17H34N2O/c1-4-7-16-13-19(12-15-8-10-20-11-9-15)17(5-2,6-3)14-18-16/h15-16,18H,4-14H2,1-3H3. The van der Waals surface area contributed by atoms with Gasteiger partial charge in [0.25, 0.3) is 0 Å². The van der Waals surface area contributed by atoms with Gasteiger partial charge >= 0.3 is 0 Å². The number of hydrogen-bond donors (Lipinski definition) is 1. The van der Waals surface area contributed by atoms with Gasteiger partial charge in [-0.1, -0.05) is 27.2 Å². The average Bonchev–Trinajstić information content (AvgIpc) is 2.50. The number of piperazine rings is 1. The summed E-state index contributed by atoms with van der Waals surface area (Å²) in [6.07, 6.45) is 7.64. The molecule has 3 heteroatoms. The van der Waals surface area contributed by atoms with Gasteiger partial charge in [0.15, 0.2) is 0 Å². The van der Waals surface area contributed by atoms with Crippen LogP contribution < -0.4 is 5.32 Å². The Bertz CT molecular complexity index is 272. The van der Waals surface area contributed by atoms with Gasteiger partial charge in [0.1, 0.15) is 0 Å². The van der Waals surface area contributed by atoms with E-state index in [-0.39, 0.29) is 0 Å². The van der Waals surface area contributed by atoms with Crippen LogP contribution in [0.2, 0.25) is 0 Å². The first-order valence-electron chi connectivity index (χ1n) is 8.80. The fourth-order valence-corrected chi connectivity index (χ4v) is 3.97. The minimum atomic E-state index is 0.391. The highest BCUT2D eigenvalue weighted by Gasteiger charge is 2.39. The van der Waals surface area contributed by atoms with E-state index in [1.807, 2.05) is 0 Å². The first-order valence-corrected chi connectivity index (χ1v) is 8.80. The summed E-state index contributed by atoms with van der Waals surface area (Å²) in [4.78, 5) is 2.83. The average molecular weight is 282 g/mol. The lowest BCUT2D eigenvalue weighted by atomic mass is 9.85. The Labute approximate surface area is 125 Å². The zero-order valence-corrected chi connectivity index (χ0v) is 13.8. The minimum Gasteiger partial charge on any atom is -0.381 e. The van der Waals surface area contributed by atoms with E-state index in [1.165, 1.54) is 58.2 Å². The first-order chi connectivity index (χ1) is 9.74. The van der Waals surface area contributed by atoms with Crippen LogP contribution in [0.1, 0.15) is 59.3 Å². The molecule has 0 bridgehead atoms. The molecule has 2 saturated heterocycles. The lowest BCUT2D eigenvalue weighted by molar-refractivity contribution is -0.00733. The molecule has 3 nitrogen and oxygen atoms in total. The van der Waals surface area contributed by atoms with Crippen molar-refractivity contribution in [2.75, 3.05) is 32.8 Å². The maximum absolute atomic E-state index is 5.52. The van der Waals surface area contributed by atoms with Gasteiger partial charge in [-0.05, 0) is 38.0 Å². The zero-order valence-electron chi connectivity index (χ0n) is 13.8. The molecule has 0 spiro atoms. The maximum atomic E-state index is 5.52. The van der Waals surface area contributed by atoms with Gasteiger partial charge in [0.05, 0.1) is 0 Å². The molecule has 0 aliphatic carbocycles. The van der Waals surface area contributed by atoms with Crippen LogP contribution in [-0.4, -0.2) is 49.3 Å². The quantitative estimate of drug-likeness (QED) is 0.810. The Balaban J connectivity index is 2.00. The Morgan fingerprint density at radius 1 is 1.15 bits per heavy atom. The fraction of sp³-hybridized carbons (Fsp3) is 1.00. The topological polar surface area (TPSA) is 24.5 Å². The van der Waals surface area contributed by atoms with E-state index < -0.39 is 0 Å². The molecule has 1 unspecified atom stereocenters.